The summed E-state index contributed by atoms with van der Waals surface area (Å²) in [5.41, 5.74) is 12.6. The molecule has 1 amide bonds. The van der Waals surface area contributed by atoms with E-state index in [0.717, 1.165) is 11.1 Å². The van der Waals surface area contributed by atoms with Gasteiger partial charge in [-0.1, -0.05) is 72.8 Å². The van der Waals surface area contributed by atoms with Gasteiger partial charge in [-0.15, -0.1) is 12.4 Å². The molecule has 0 saturated heterocycles. The third-order valence-electron chi connectivity index (χ3n) is 5.04. The van der Waals surface area contributed by atoms with Crippen molar-refractivity contribution in [3.8, 4) is 11.1 Å². The summed E-state index contributed by atoms with van der Waals surface area (Å²) in [5.74, 6) is 0.0759. The monoisotopic (exact) mass is 394 g/mol. The van der Waals surface area contributed by atoms with Crippen molar-refractivity contribution in [3.63, 3.8) is 0 Å². The van der Waals surface area contributed by atoms with Gasteiger partial charge < -0.3 is 15.8 Å². The molecule has 4 nitrogen and oxygen atoms in total. The van der Waals surface area contributed by atoms with Crippen molar-refractivity contribution in [3.05, 3.63) is 95.1 Å². The lowest BCUT2D eigenvalue weighted by molar-refractivity contribution is 0.142. The van der Waals surface area contributed by atoms with E-state index in [4.69, 9.17) is 10.5 Å². The van der Waals surface area contributed by atoms with E-state index >= 15 is 0 Å². The van der Waals surface area contributed by atoms with Crippen LogP contribution in [0, 0.1) is 0 Å². The number of carbonyl (C=O) groups excluding carboxylic acids is 1. The lowest BCUT2D eigenvalue weighted by atomic mass is 9.98. The lowest BCUT2D eigenvalue weighted by Gasteiger charge is -2.14. The summed E-state index contributed by atoms with van der Waals surface area (Å²) in [6.45, 7) is 1.27. The standard InChI is InChI=1S/C23H22N2O2.ClH/c24-13-16-9-11-17(12-10-16)14-25-23(26)27-15-22-20-7-3-1-5-18(20)19-6-2-4-8-21(19)22;/h1-12,22H,13-15,24H2,(H,25,26);1H. The number of ether oxygens (including phenoxy) is 1. The molecule has 0 bridgehead atoms. The zero-order chi connectivity index (χ0) is 18.6. The molecule has 0 aromatic heterocycles. The lowest BCUT2D eigenvalue weighted by Crippen LogP contribution is -2.25. The second kappa shape index (κ2) is 8.91. The Bertz CT molecular complexity index is 911. The molecule has 3 N–H and O–H groups in total. The predicted molar refractivity (Wildman–Crippen MR) is 113 cm³/mol. The molecule has 0 saturated carbocycles. The third kappa shape index (κ3) is 4.03. The molecule has 0 heterocycles. The molecular weight excluding hydrogens is 372 g/mol. The van der Waals surface area contributed by atoms with Crippen molar-refractivity contribution < 1.29 is 9.53 Å². The summed E-state index contributed by atoms with van der Waals surface area (Å²) in [7, 11) is 0. The quantitative estimate of drug-likeness (QED) is 0.664. The third-order valence-corrected chi connectivity index (χ3v) is 5.04. The normalized spacial score (nSPS) is 11.9. The topological polar surface area (TPSA) is 64.3 Å². The summed E-state index contributed by atoms with van der Waals surface area (Å²) in [5, 5.41) is 2.82. The molecule has 0 spiro atoms. The number of fused-ring (bicyclic) bond motifs is 3. The van der Waals surface area contributed by atoms with Gasteiger partial charge in [-0.3, -0.25) is 0 Å². The maximum Gasteiger partial charge on any atom is 0.407 e. The van der Waals surface area contributed by atoms with Crippen molar-refractivity contribution in [1.29, 1.82) is 0 Å². The predicted octanol–water partition coefficient (Wildman–Crippen LogP) is 4.61. The van der Waals surface area contributed by atoms with Crippen LogP contribution in [0.1, 0.15) is 28.2 Å². The smallest absolute Gasteiger partial charge is 0.407 e. The van der Waals surface area contributed by atoms with Crippen LogP contribution < -0.4 is 11.1 Å². The number of amides is 1. The van der Waals surface area contributed by atoms with E-state index in [2.05, 4.69) is 29.6 Å². The first kappa shape index (κ1) is 19.9. The Morgan fingerprint density at radius 2 is 1.39 bits per heavy atom. The van der Waals surface area contributed by atoms with Crippen LogP contribution in [0.5, 0.6) is 0 Å². The van der Waals surface area contributed by atoms with E-state index in [9.17, 15) is 4.79 Å². The highest BCUT2D eigenvalue weighted by Gasteiger charge is 2.28. The molecule has 0 fully saturated rings. The van der Waals surface area contributed by atoms with Gasteiger partial charge in [-0.25, -0.2) is 4.79 Å². The van der Waals surface area contributed by atoms with Crippen molar-refractivity contribution in [1.82, 2.24) is 5.32 Å². The zero-order valence-electron chi connectivity index (χ0n) is 15.4. The highest BCUT2D eigenvalue weighted by Crippen LogP contribution is 2.44. The van der Waals surface area contributed by atoms with E-state index in [1.54, 1.807) is 0 Å². The summed E-state index contributed by atoms with van der Waals surface area (Å²) in [6.07, 6.45) is -0.403. The van der Waals surface area contributed by atoms with Crippen LogP contribution in [0.2, 0.25) is 0 Å². The molecule has 1 aliphatic rings. The van der Waals surface area contributed by atoms with E-state index in [-0.39, 0.29) is 18.3 Å². The molecule has 1 aliphatic carbocycles. The Morgan fingerprint density at radius 3 is 1.96 bits per heavy atom. The first-order chi connectivity index (χ1) is 13.3. The first-order valence-electron chi connectivity index (χ1n) is 9.13. The number of hydrogen-bond donors (Lipinski definition) is 2. The van der Waals surface area contributed by atoms with Gasteiger partial charge in [0.15, 0.2) is 0 Å². The number of rotatable bonds is 5. The van der Waals surface area contributed by atoms with Crippen LogP contribution in [0.25, 0.3) is 11.1 Å². The van der Waals surface area contributed by atoms with Gasteiger partial charge >= 0.3 is 6.09 Å². The number of benzene rings is 3. The van der Waals surface area contributed by atoms with Crippen molar-refractivity contribution in [2.45, 2.75) is 19.0 Å². The molecule has 0 radical (unpaired) electrons. The van der Waals surface area contributed by atoms with E-state index < -0.39 is 6.09 Å². The molecule has 5 heteroatoms. The fraction of sp³-hybridized carbons (Fsp3) is 0.174. The Kier molecular flexibility index (Phi) is 6.34. The SMILES string of the molecule is Cl.NCc1ccc(CNC(=O)OCC2c3ccccc3-c3ccccc32)cc1. The molecule has 28 heavy (non-hydrogen) atoms. The van der Waals surface area contributed by atoms with Gasteiger partial charge in [0.25, 0.3) is 0 Å². The largest absolute Gasteiger partial charge is 0.449 e. The molecule has 4 rings (SSSR count). The molecule has 0 unspecified atom stereocenters. The van der Waals surface area contributed by atoms with Crippen LogP contribution in [0.15, 0.2) is 72.8 Å². The van der Waals surface area contributed by atoms with Crippen molar-refractivity contribution in [2.75, 3.05) is 6.61 Å². The van der Waals surface area contributed by atoms with Crippen LogP contribution >= 0.6 is 12.4 Å². The number of nitrogens with two attached hydrogens (primary N) is 1. The number of nitrogens with one attached hydrogen (secondary N) is 1. The molecule has 3 aromatic rings. The Labute approximate surface area is 171 Å². The van der Waals surface area contributed by atoms with Gasteiger partial charge in [-0.05, 0) is 33.4 Å². The van der Waals surface area contributed by atoms with Crippen LogP contribution in [-0.4, -0.2) is 12.7 Å². The average molecular weight is 395 g/mol. The number of carbonyl (C=O) groups is 1. The molecular formula is C23H23ClN2O2. The first-order valence-corrected chi connectivity index (χ1v) is 9.13. The van der Waals surface area contributed by atoms with E-state index in [1.165, 1.54) is 22.3 Å². The Balaban J connectivity index is 0.00000225. The maximum atomic E-state index is 12.2. The highest BCUT2D eigenvalue weighted by molar-refractivity contribution is 5.85. The minimum absolute atomic E-state index is 0. The summed E-state index contributed by atoms with van der Waals surface area (Å²) in [4.78, 5) is 12.2. The van der Waals surface area contributed by atoms with Gasteiger partial charge in [0.1, 0.15) is 6.61 Å². The van der Waals surface area contributed by atoms with Crippen LogP contribution in [0.4, 0.5) is 4.79 Å². The summed E-state index contributed by atoms with van der Waals surface area (Å²) < 4.78 is 5.54. The van der Waals surface area contributed by atoms with E-state index in [1.807, 2.05) is 48.5 Å². The molecule has 0 atom stereocenters. The van der Waals surface area contributed by atoms with Gasteiger partial charge in [0.2, 0.25) is 0 Å². The number of hydrogen-bond acceptors (Lipinski definition) is 3. The number of alkyl carbamates (subject to hydrolysis) is 1. The second-order valence-electron chi connectivity index (χ2n) is 6.70. The summed E-state index contributed by atoms with van der Waals surface area (Å²) in [6, 6.07) is 24.5. The van der Waals surface area contributed by atoms with Gasteiger partial charge in [-0.2, -0.15) is 0 Å². The van der Waals surface area contributed by atoms with Gasteiger partial charge in [0.05, 0.1) is 0 Å². The fourth-order valence-electron chi connectivity index (χ4n) is 3.62. The molecule has 3 aromatic carbocycles. The van der Waals surface area contributed by atoms with Gasteiger partial charge in [0, 0.05) is 19.0 Å². The fourth-order valence-corrected chi connectivity index (χ4v) is 3.62. The Morgan fingerprint density at radius 1 is 0.857 bits per heavy atom. The molecule has 144 valence electrons. The highest BCUT2D eigenvalue weighted by atomic mass is 35.5. The zero-order valence-corrected chi connectivity index (χ0v) is 16.2. The minimum atomic E-state index is -0.403. The second-order valence-corrected chi connectivity index (χ2v) is 6.70. The Hall–Kier alpha value is -2.82. The van der Waals surface area contributed by atoms with Crippen LogP contribution in [0.3, 0.4) is 0 Å². The van der Waals surface area contributed by atoms with Crippen LogP contribution in [-0.2, 0) is 17.8 Å². The average Bonchev–Trinajstić information content (AvgIpc) is 3.05. The number of halogens is 1. The minimum Gasteiger partial charge on any atom is -0.449 e. The summed E-state index contributed by atoms with van der Waals surface area (Å²) >= 11 is 0. The van der Waals surface area contributed by atoms with Crippen molar-refractivity contribution in [2.24, 2.45) is 5.73 Å². The maximum absolute atomic E-state index is 12.2. The van der Waals surface area contributed by atoms with E-state index in [0.29, 0.717) is 19.7 Å². The molecule has 0 aliphatic heterocycles. The van der Waals surface area contributed by atoms with Crippen molar-refractivity contribution >= 4 is 18.5 Å².